The predicted octanol–water partition coefficient (Wildman–Crippen LogP) is 3.06. The number of carbonyl (C=O) groups is 2. The molecule has 7 rings (SSSR count). The van der Waals surface area contributed by atoms with Crippen molar-refractivity contribution in [1.29, 1.82) is 0 Å². The van der Waals surface area contributed by atoms with E-state index in [9.17, 15) is 9.59 Å². The highest BCUT2D eigenvalue weighted by Gasteiger charge is 2.52. The lowest BCUT2D eigenvalue weighted by atomic mass is 9.87. The molecule has 1 unspecified atom stereocenters. The molecular weight excluding hydrogens is 454 g/mol. The molecule has 9 heteroatoms. The van der Waals surface area contributed by atoms with Crippen molar-refractivity contribution >= 4 is 17.5 Å². The van der Waals surface area contributed by atoms with Gasteiger partial charge in [-0.15, -0.1) is 0 Å². The van der Waals surface area contributed by atoms with Crippen molar-refractivity contribution in [3.05, 3.63) is 47.7 Å². The summed E-state index contributed by atoms with van der Waals surface area (Å²) in [5, 5.41) is 15.6. The molecule has 3 aromatic rings. The van der Waals surface area contributed by atoms with E-state index in [0.717, 1.165) is 36.3 Å². The number of fused-ring (bicyclic) bond motifs is 1. The van der Waals surface area contributed by atoms with Crippen LogP contribution in [0.3, 0.4) is 0 Å². The van der Waals surface area contributed by atoms with Crippen molar-refractivity contribution < 1.29 is 9.59 Å². The Labute approximate surface area is 210 Å². The average molecular weight is 488 g/mol. The number of imidazole rings is 1. The van der Waals surface area contributed by atoms with E-state index in [2.05, 4.69) is 15.7 Å². The lowest BCUT2D eigenvalue weighted by molar-refractivity contribution is -0.122. The third-order valence-electron chi connectivity index (χ3n) is 8.67. The molecule has 36 heavy (non-hydrogen) atoms. The Balaban J connectivity index is 1.17. The maximum atomic E-state index is 13.4. The van der Waals surface area contributed by atoms with Crippen LogP contribution < -0.4 is 10.6 Å². The van der Waals surface area contributed by atoms with Crippen LogP contribution in [0.2, 0.25) is 0 Å². The summed E-state index contributed by atoms with van der Waals surface area (Å²) in [7, 11) is 0. The summed E-state index contributed by atoms with van der Waals surface area (Å²) in [4.78, 5) is 30.7. The molecule has 3 saturated carbocycles. The molecule has 3 aromatic heterocycles. The molecule has 2 N–H and O–H groups in total. The van der Waals surface area contributed by atoms with Gasteiger partial charge in [0.05, 0.1) is 23.6 Å². The Morgan fingerprint density at radius 1 is 1.19 bits per heavy atom. The van der Waals surface area contributed by atoms with Gasteiger partial charge in [-0.1, -0.05) is 0 Å². The second-order valence-electron chi connectivity index (χ2n) is 11.4. The quantitative estimate of drug-likeness (QED) is 0.483. The van der Waals surface area contributed by atoms with Gasteiger partial charge in [0.1, 0.15) is 5.69 Å². The van der Waals surface area contributed by atoms with Gasteiger partial charge in [0.25, 0.3) is 5.91 Å². The summed E-state index contributed by atoms with van der Waals surface area (Å²) in [6, 6.07) is 5.60. The van der Waals surface area contributed by atoms with Crippen LogP contribution in [0.5, 0.6) is 0 Å². The van der Waals surface area contributed by atoms with Crippen molar-refractivity contribution in [2.24, 2.45) is 23.7 Å². The zero-order chi connectivity index (χ0) is 24.4. The molecule has 2 atom stereocenters. The molecule has 4 fully saturated rings. The van der Waals surface area contributed by atoms with Gasteiger partial charge in [0.15, 0.2) is 5.65 Å². The fourth-order valence-corrected chi connectivity index (χ4v) is 6.33. The summed E-state index contributed by atoms with van der Waals surface area (Å²) in [6.45, 7) is 2.64. The van der Waals surface area contributed by atoms with Crippen LogP contribution in [0.1, 0.15) is 79.8 Å². The highest BCUT2D eigenvalue weighted by Crippen LogP contribution is 2.54. The minimum atomic E-state index is -0.154. The van der Waals surface area contributed by atoms with Gasteiger partial charge in [0.2, 0.25) is 5.91 Å². The largest absolute Gasteiger partial charge is 0.350 e. The molecule has 1 saturated heterocycles. The van der Waals surface area contributed by atoms with Crippen LogP contribution in [-0.4, -0.2) is 41.7 Å². The van der Waals surface area contributed by atoms with Gasteiger partial charge in [-0.3, -0.25) is 14.3 Å². The average Bonchev–Trinajstić information content (AvgIpc) is 3.83. The fourth-order valence-electron chi connectivity index (χ4n) is 6.33. The van der Waals surface area contributed by atoms with E-state index in [-0.39, 0.29) is 29.3 Å². The van der Waals surface area contributed by atoms with Crippen LogP contribution in [0.4, 0.5) is 0 Å². The number of hydrogen-bond acceptors (Lipinski definition) is 5. The minimum Gasteiger partial charge on any atom is -0.350 e. The second-order valence-corrected chi connectivity index (χ2v) is 11.4. The third-order valence-corrected chi connectivity index (χ3v) is 8.67. The Hall–Kier alpha value is -3.23. The van der Waals surface area contributed by atoms with E-state index in [0.29, 0.717) is 36.4 Å². The summed E-state index contributed by atoms with van der Waals surface area (Å²) in [5.41, 5.74) is 3.20. The number of nitrogens with one attached hydrogen (secondary N) is 2. The molecule has 3 aliphatic carbocycles. The number of aromatic nitrogens is 5. The van der Waals surface area contributed by atoms with Crippen molar-refractivity contribution in [2.45, 2.75) is 76.4 Å². The number of aryl methyl sites for hydroxylation is 1. The van der Waals surface area contributed by atoms with E-state index in [1.165, 1.54) is 25.7 Å². The minimum absolute atomic E-state index is 0.00925. The number of amides is 2. The van der Waals surface area contributed by atoms with Crippen LogP contribution in [0.25, 0.3) is 5.65 Å². The topological polar surface area (TPSA) is 106 Å². The number of hydrogen-bond donors (Lipinski definition) is 2. The first-order chi connectivity index (χ1) is 17.5. The first kappa shape index (κ1) is 22.0. The molecule has 0 aromatic carbocycles. The van der Waals surface area contributed by atoms with Gasteiger partial charge in [-0.2, -0.15) is 10.2 Å². The first-order valence-corrected chi connectivity index (χ1v) is 13.5. The Morgan fingerprint density at radius 3 is 2.64 bits per heavy atom. The first-order valence-electron chi connectivity index (χ1n) is 13.5. The molecule has 4 heterocycles. The van der Waals surface area contributed by atoms with Crippen LogP contribution in [-0.2, 0) is 17.8 Å². The van der Waals surface area contributed by atoms with E-state index >= 15 is 0 Å². The SMILES string of the molecule is CCn1nccc1C(=O)N[C@H](c1cn2nc(CC3CC4(CC4)NC3=O)ccc2n1)C(C1CC1)C1CC1. The van der Waals surface area contributed by atoms with Crippen LogP contribution in [0, 0.1) is 23.7 Å². The molecular formula is C27H33N7O2. The smallest absolute Gasteiger partial charge is 0.270 e. The molecule has 1 aliphatic heterocycles. The number of nitrogens with zero attached hydrogens (tertiary/aromatic N) is 5. The van der Waals surface area contributed by atoms with Gasteiger partial charge in [0, 0.05) is 30.6 Å². The number of carbonyl (C=O) groups excluding carboxylic acids is 2. The van der Waals surface area contributed by atoms with Crippen molar-refractivity contribution in [1.82, 2.24) is 35.0 Å². The monoisotopic (exact) mass is 487 g/mol. The van der Waals surface area contributed by atoms with Crippen molar-refractivity contribution in [2.75, 3.05) is 0 Å². The molecule has 188 valence electrons. The fraction of sp³-hybridized carbons (Fsp3) is 0.593. The Kier molecular flexibility index (Phi) is 4.98. The van der Waals surface area contributed by atoms with E-state index in [1.54, 1.807) is 16.9 Å². The Bertz CT molecular complexity index is 1320. The Morgan fingerprint density at radius 2 is 1.97 bits per heavy atom. The van der Waals surface area contributed by atoms with Crippen molar-refractivity contribution in [3.63, 3.8) is 0 Å². The van der Waals surface area contributed by atoms with E-state index in [1.807, 2.05) is 29.8 Å². The van der Waals surface area contributed by atoms with Gasteiger partial charge < -0.3 is 10.6 Å². The second kappa shape index (κ2) is 8.15. The van der Waals surface area contributed by atoms with E-state index in [4.69, 9.17) is 10.1 Å². The van der Waals surface area contributed by atoms with Gasteiger partial charge in [-0.25, -0.2) is 9.50 Å². The lowest BCUT2D eigenvalue weighted by Crippen LogP contribution is -2.36. The molecule has 0 bridgehead atoms. The molecule has 0 radical (unpaired) electrons. The molecule has 2 amide bonds. The zero-order valence-electron chi connectivity index (χ0n) is 20.7. The zero-order valence-corrected chi connectivity index (χ0v) is 20.7. The predicted molar refractivity (Wildman–Crippen MR) is 132 cm³/mol. The summed E-state index contributed by atoms with van der Waals surface area (Å²) >= 11 is 0. The molecule has 4 aliphatic rings. The molecule has 9 nitrogen and oxygen atoms in total. The van der Waals surface area contributed by atoms with Crippen molar-refractivity contribution in [3.8, 4) is 0 Å². The summed E-state index contributed by atoms with van der Waals surface area (Å²) in [6.07, 6.45) is 12.3. The van der Waals surface area contributed by atoms with E-state index < -0.39 is 0 Å². The van der Waals surface area contributed by atoms with Gasteiger partial charge in [-0.05, 0) is 87.8 Å². The lowest BCUT2D eigenvalue weighted by Gasteiger charge is -2.27. The molecule has 1 spiro atoms. The van der Waals surface area contributed by atoms with Crippen LogP contribution >= 0.6 is 0 Å². The summed E-state index contributed by atoms with van der Waals surface area (Å²) < 4.78 is 3.56. The van der Waals surface area contributed by atoms with Crippen LogP contribution in [0.15, 0.2) is 30.6 Å². The summed E-state index contributed by atoms with van der Waals surface area (Å²) in [5.74, 6) is 1.73. The maximum Gasteiger partial charge on any atom is 0.270 e. The maximum absolute atomic E-state index is 13.4. The normalized spacial score (nSPS) is 23.4. The number of rotatable bonds is 9. The highest BCUT2D eigenvalue weighted by atomic mass is 16.2. The standard InChI is InChI=1S/C27H33N7O2/c1-2-33-21(9-12-28-33)26(36)30-24(23(16-3-4-16)17-5-6-17)20-15-34-22(29-20)8-7-19(32-34)13-18-14-27(10-11-27)31-25(18)35/h7-9,12,15-18,23-24H,2-6,10-11,13-14H2,1H3,(H,30,36)(H,31,35)/t18?,24-/m1/s1. The van der Waals surface area contributed by atoms with Gasteiger partial charge >= 0.3 is 0 Å². The highest BCUT2D eigenvalue weighted by molar-refractivity contribution is 5.92. The third kappa shape index (κ3) is 3.98.